The fraction of sp³-hybridized carbons (Fsp3) is 0.286. The summed E-state index contributed by atoms with van der Waals surface area (Å²) in [5, 5.41) is 13.1. The Morgan fingerprint density at radius 1 is 1.18 bits per heavy atom. The highest BCUT2D eigenvalue weighted by Gasteiger charge is 2.12. The second-order valence-corrected chi connectivity index (χ2v) is 7.15. The van der Waals surface area contributed by atoms with Crippen LogP contribution in [0.3, 0.4) is 0 Å². The summed E-state index contributed by atoms with van der Waals surface area (Å²) in [7, 11) is 0. The number of piperazine rings is 1. The van der Waals surface area contributed by atoms with E-state index in [9.17, 15) is 0 Å². The first kappa shape index (κ1) is 19.9. The lowest BCUT2D eigenvalue weighted by Crippen LogP contribution is -2.42. The number of nitrogen functional groups attached to an aromatic ring is 1. The summed E-state index contributed by atoms with van der Waals surface area (Å²) in [6, 6.07) is 13.6. The molecule has 7 heteroatoms. The van der Waals surface area contributed by atoms with E-state index in [1.165, 1.54) is 10.6 Å². The number of allylic oxidation sites excluding steroid dienone is 1. The fourth-order valence-electron chi connectivity index (χ4n) is 3.23. The van der Waals surface area contributed by atoms with E-state index in [0.717, 1.165) is 44.0 Å². The molecule has 28 heavy (non-hydrogen) atoms. The van der Waals surface area contributed by atoms with Gasteiger partial charge in [-0.1, -0.05) is 23.8 Å². The Morgan fingerprint density at radius 2 is 1.86 bits per heavy atom. The van der Waals surface area contributed by atoms with Gasteiger partial charge in [0.15, 0.2) is 0 Å². The van der Waals surface area contributed by atoms with Crippen LogP contribution in [0.15, 0.2) is 54.4 Å². The quantitative estimate of drug-likeness (QED) is 0.225. The van der Waals surface area contributed by atoms with E-state index in [-0.39, 0.29) is 11.4 Å². The van der Waals surface area contributed by atoms with Crippen LogP contribution in [0.4, 0.5) is 11.4 Å². The Kier molecular flexibility index (Phi) is 6.30. The Bertz CT molecular complexity index is 852. The van der Waals surface area contributed by atoms with Crippen molar-refractivity contribution >= 4 is 17.1 Å². The van der Waals surface area contributed by atoms with Crippen molar-refractivity contribution in [2.45, 2.75) is 13.5 Å². The van der Waals surface area contributed by atoms with Gasteiger partial charge < -0.3 is 16.8 Å². The average Bonchev–Trinajstić information content (AvgIpc) is 2.70. The normalized spacial score (nSPS) is 15.4. The first-order chi connectivity index (χ1) is 13.4. The van der Waals surface area contributed by atoms with Crippen LogP contribution >= 0.6 is 0 Å². The number of hydrazine groups is 1. The predicted molar refractivity (Wildman–Crippen MR) is 116 cm³/mol. The van der Waals surface area contributed by atoms with Crippen molar-refractivity contribution in [1.29, 1.82) is 5.41 Å². The predicted octanol–water partition coefficient (Wildman–Crippen LogP) is 1.53. The van der Waals surface area contributed by atoms with Crippen LogP contribution in [0.5, 0.6) is 0 Å². The maximum Gasteiger partial charge on any atom is 0.0877 e. The second-order valence-electron chi connectivity index (χ2n) is 7.15. The van der Waals surface area contributed by atoms with E-state index in [4.69, 9.17) is 22.7 Å². The molecule has 1 heterocycles. The fourth-order valence-corrected chi connectivity index (χ4v) is 3.23. The second kappa shape index (κ2) is 8.88. The van der Waals surface area contributed by atoms with Crippen LogP contribution in [0, 0.1) is 12.3 Å². The number of rotatable bonds is 6. The summed E-state index contributed by atoms with van der Waals surface area (Å²) in [4.78, 5) is 2.43. The Balaban J connectivity index is 1.67. The van der Waals surface area contributed by atoms with Crippen LogP contribution in [0.2, 0.25) is 0 Å². The molecule has 3 rings (SSSR count). The maximum atomic E-state index is 8.34. The van der Waals surface area contributed by atoms with Crippen LogP contribution in [0.1, 0.15) is 16.7 Å². The molecule has 0 bridgehead atoms. The summed E-state index contributed by atoms with van der Waals surface area (Å²) in [5.41, 5.74) is 16.7. The van der Waals surface area contributed by atoms with E-state index in [2.05, 4.69) is 22.3 Å². The largest absolute Gasteiger partial charge is 0.398 e. The van der Waals surface area contributed by atoms with Crippen molar-refractivity contribution in [1.82, 2.24) is 10.2 Å². The van der Waals surface area contributed by atoms with Gasteiger partial charge >= 0.3 is 0 Å². The molecular weight excluding hydrogens is 350 g/mol. The maximum absolute atomic E-state index is 8.34. The molecule has 1 aliphatic rings. The van der Waals surface area contributed by atoms with Crippen LogP contribution in [0.25, 0.3) is 0 Å². The van der Waals surface area contributed by atoms with E-state index in [0.29, 0.717) is 11.3 Å². The molecular formula is C21H29N7. The number of benzene rings is 2. The molecule has 0 radical (unpaired) electrons. The molecule has 8 N–H and O–H groups in total. The number of nitrogens with zero attached hydrogens (tertiary/aromatic N) is 2. The van der Waals surface area contributed by atoms with Crippen LogP contribution < -0.4 is 27.6 Å². The van der Waals surface area contributed by atoms with Gasteiger partial charge in [0.1, 0.15) is 0 Å². The SMILES string of the molecule is Cc1ccc(N)c(C(=N)/C(N)=C/N(N)c2ccc(CN3CCNCC3)cc2)c1. The summed E-state index contributed by atoms with van der Waals surface area (Å²) in [6.07, 6.45) is 1.55. The lowest BCUT2D eigenvalue weighted by Gasteiger charge is -2.27. The van der Waals surface area contributed by atoms with E-state index < -0.39 is 0 Å². The molecule has 1 saturated heterocycles. The molecule has 0 aromatic heterocycles. The zero-order chi connectivity index (χ0) is 20.1. The molecule has 2 aromatic carbocycles. The Labute approximate surface area is 166 Å². The molecule has 7 nitrogen and oxygen atoms in total. The minimum atomic E-state index is 0.159. The van der Waals surface area contributed by atoms with Crippen molar-refractivity contribution in [2.75, 3.05) is 36.9 Å². The average molecular weight is 380 g/mol. The number of hydrogen-bond donors (Lipinski definition) is 5. The number of aryl methyl sites for hydroxylation is 1. The van der Waals surface area contributed by atoms with Crippen molar-refractivity contribution in [3.8, 4) is 0 Å². The van der Waals surface area contributed by atoms with Gasteiger partial charge in [0.25, 0.3) is 0 Å². The molecule has 0 unspecified atom stereocenters. The third kappa shape index (κ3) is 4.89. The minimum Gasteiger partial charge on any atom is -0.398 e. The molecule has 2 aromatic rings. The van der Waals surface area contributed by atoms with Gasteiger partial charge in [0.05, 0.1) is 17.1 Å². The smallest absolute Gasteiger partial charge is 0.0877 e. The molecule has 1 fully saturated rings. The summed E-state index contributed by atoms with van der Waals surface area (Å²) in [5.74, 6) is 6.14. The minimum absolute atomic E-state index is 0.159. The molecule has 1 aliphatic heterocycles. The molecule has 0 atom stereocenters. The molecule has 148 valence electrons. The first-order valence-electron chi connectivity index (χ1n) is 9.42. The van der Waals surface area contributed by atoms with E-state index >= 15 is 0 Å². The molecule has 0 spiro atoms. The monoisotopic (exact) mass is 379 g/mol. The van der Waals surface area contributed by atoms with Gasteiger partial charge in [-0.25, -0.2) is 5.84 Å². The lowest BCUT2D eigenvalue weighted by molar-refractivity contribution is 0.233. The first-order valence-corrected chi connectivity index (χ1v) is 9.42. The van der Waals surface area contributed by atoms with Crippen LogP contribution in [-0.2, 0) is 6.54 Å². The van der Waals surface area contributed by atoms with E-state index in [1.54, 1.807) is 12.3 Å². The Hall–Kier alpha value is -2.87. The zero-order valence-corrected chi connectivity index (χ0v) is 16.3. The summed E-state index contributed by atoms with van der Waals surface area (Å²) >= 11 is 0. The third-order valence-corrected chi connectivity index (χ3v) is 4.90. The standard InChI is InChI=1S/C21H29N7/c1-15-2-7-19(22)18(12-15)21(24)20(23)14-28(25)17-5-3-16(4-6-17)13-27-10-8-26-9-11-27/h2-7,12,14,24,26H,8-11,13,22-23,25H2,1H3/b20-14-,24-21?. The third-order valence-electron chi connectivity index (χ3n) is 4.90. The number of hydrogen-bond acceptors (Lipinski definition) is 7. The van der Waals surface area contributed by atoms with Crippen LogP contribution in [-0.4, -0.2) is 36.8 Å². The highest BCUT2D eigenvalue weighted by atomic mass is 15.4. The molecule has 0 saturated carbocycles. The van der Waals surface area contributed by atoms with Crippen molar-refractivity contribution < 1.29 is 0 Å². The van der Waals surface area contributed by atoms with Gasteiger partial charge in [-0.2, -0.15) is 0 Å². The number of nitrogens with two attached hydrogens (primary N) is 3. The topological polar surface area (TPSA) is 120 Å². The van der Waals surface area contributed by atoms with Gasteiger partial charge in [-0.15, -0.1) is 0 Å². The number of anilines is 2. The Morgan fingerprint density at radius 3 is 2.54 bits per heavy atom. The van der Waals surface area contributed by atoms with Crippen molar-refractivity contribution in [2.24, 2.45) is 11.6 Å². The number of nitrogens with one attached hydrogen (secondary N) is 2. The lowest BCUT2D eigenvalue weighted by atomic mass is 10.0. The van der Waals surface area contributed by atoms with Gasteiger partial charge in [0, 0.05) is 50.2 Å². The van der Waals surface area contributed by atoms with Crippen molar-refractivity contribution in [3.63, 3.8) is 0 Å². The molecule has 0 aliphatic carbocycles. The molecule has 0 amide bonds. The van der Waals surface area contributed by atoms with Crippen molar-refractivity contribution in [3.05, 3.63) is 71.1 Å². The van der Waals surface area contributed by atoms with Gasteiger partial charge in [-0.3, -0.25) is 15.3 Å². The van der Waals surface area contributed by atoms with Gasteiger partial charge in [0.2, 0.25) is 0 Å². The summed E-state index contributed by atoms with van der Waals surface area (Å²) < 4.78 is 0. The van der Waals surface area contributed by atoms with Gasteiger partial charge in [-0.05, 0) is 36.8 Å². The van der Waals surface area contributed by atoms with E-state index in [1.807, 2.05) is 31.2 Å². The highest BCUT2D eigenvalue weighted by Crippen LogP contribution is 2.18. The highest BCUT2D eigenvalue weighted by molar-refractivity contribution is 6.13. The zero-order valence-electron chi connectivity index (χ0n) is 16.3. The summed E-state index contributed by atoms with van der Waals surface area (Å²) in [6.45, 7) is 7.09.